The number of rotatable bonds is 6. The molecule has 0 amide bonds. The second kappa shape index (κ2) is 8.67. The molecule has 2 aromatic rings. The van der Waals surface area contributed by atoms with Crippen LogP contribution in [-0.4, -0.2) is 49.1 Å². The van der Waals surface area contributed by atoms with Crippen LogP contribution >= 0.6 is 0 Å². The molecule has 6 heteroatoms. The summed E-state index contributed by atoms with van der Waals surface area (Å²) in [6.45, 7) is 7.27. The van der Waals surface area contributed by atoms with E-state index in [1.807, 2.05) is 30.3 Å². The number of nitrogens with one attached hydrogen (secondary N) is 2. The number of benzene rings is 1. The summed E-state index contributed by atoms with van der Waals surface area (Å²) in [5.74, 6) is 2.14. The summed E-state index contributed by atoms with van der Waals surface area (Å²) in [5, 5.41) is 6.72. The molecule has 1 fully saturated rings. The van der Waals surface area contributed by atoms with Crippen molar-refractivity contribution in [2.24, 2.45) is 10.9 Å². The summed E-state index contributed by atoms with van der Waals surface area (Å²) < 4.78 is 5.57. The molecule has 1 atom stereocenters. The van der Waals surface area contributed by atoms with Crippen molar-refractivity contribution in [3.63, 3.8) is 0 Å². The van der Waals surface area contributed by atoms with Gasteiger partial charge in [0.15, 0.2) is 5.96 Å². The maximum Gasteiger partial charge on any atom is 0.226 e. The largest absolute Gasteiger partial charge is 0.444 e. The lowest BCUT2D eigenvalue weighted by atomic mass is 10.1. The average molecular weight is 341 g/mol. The molecule has 134 valence electrons. The molecule has 0 saturated carbocycles. The van der Waals surface area contributed by atoms with Crippen molar-refractivity contribution < 1.29 is 4.42 Å². The van der Waals surface area contributed by atoms with E-state index in [4.69, 9.17) is 4.42 Å². The first-order valence-electron chi connectivity index (χ1n) is 8.95. The summed E-state index contributed by atoms with van der Waals surface area (Å²) in [6.07, 6.45) is 2.94. The third-order valence-electron chi connectivity index (χ3n) is 4.61. The summed E-state index contributed by atoms with van der Waals surface area (Å²) in [4.78, 5) is 11.3. The highest BCUT2D eigenvalue weighted by Gasteiger charge is 2.21. The number of nitrogens with zero attached hydrogens (tertiary/aromatic N) is 3. The van der Waals surface area contributed by atoms with E-state index in [9.17, 15) is 0 Å². The van der Waals surface area contributed by atoms with Gasteiger partial charge in [0.05, 0.1) is 12.2 Å². The third-order valence-corrected chi connectivity index (χ3v) is 4.61. The Morgan fingerprint density at radius 1 is 1.32 bits per heavy atom. The maximum absolute atomic E-state index is 5.57. The number of aliphatic imine (C=N–C) groups is 1. The predicted molar refractivity (Wildman–Crippen MR) is 100 cm³/mol. The molecule has 1 unspecified atom stereocenters. The second-order valence-corrected chi connectivity index (χ2v) is 6.36. The molecule has 25 heavy (non-hydrogen) atoms. The van der Waals surface area contributed by atoms with E-state index in [1.54, 1.807) is 13.3 Å². The van der Waals surface area contributed by atoms with E-state index < -0.39 is 0 Å². The fourth-order valence-corrected chi connectivity index (χ4v) is 3.10. The SMILES string of the molecule is CCN1CCC(CNC(=NC)NCc2coc(-c3ccccc3)n2)C1. The first kappa shape index (κ1) is 17.5. The van der Waals surface area contributed by atoms with Gasteiger partial charge in [0.1, 0.15) is 6.26 Å². The topological polar surface area (TPSA) is 65.7 Å². The van der Waals surface area contributed by atoms with E-state index in [2.05, 4.69) is 32.4 Å². The molecule has 1 aromatic heterocycles. The zero-order valence-electron chi connectivity index (χ0n) is 15.0. The van der Waals surface area contributed by atoms with E-state index in [-0.39, 0.29) is 0 Å². The number of aromatic nitrogens is 1. The van der Waals surface area contributed by atoms with Crippen LogP contribution in [0.15, 0.2) is 46.0 Å². The lowest BCUT2D eigenvalue weighted by Gasteiger charge is -2.16. The van der Waals surface area contributed by atoms with E-state index in [0.717, 1.165) is 30.3 Å². The highest BCUT2D eigenvalue weighted by molar-refractivity contribution is 5.79. The summed E-state index contributed by atoms with van der Waals surface area (Å²) >= 11 is 0. The van der Waals surface area contributed by atoms with E-state index >= 15 is 0 Å². The monoisotopic (exact) mass is 341 g/mol. The molecule has 0 aliphatic carbocycles. The molecule has 0 spiro atoms. The Labute approximate surface area is 149 Å². The minimum Gasteiger partial charge on any atom is -0.444 e. The van der Waals surface area contributed by atoms with Crippen molar-refractivity contribution in [2.75, 3.05) is 33.2 Å². The van der Waals surface area contributed by atoms with Gasteiger partial charge in [0, 0.05) is 25.7 Å². The molecular formula is C19H27N5O. The van der Waals surface area contributed by atoms with Crippen LogP contribution in [0.4, 0.5) is 0 Å². The first-order chi connectivity index (χ1) is 12.3. The van der Waals surface area contributed by atoms with Gasteiger partial charge >= 0.3 is 0 Å². The van der Waals surface area contributed by atoms with Crippen LogP contribution in [0.1, 0.15) is 19.0 Å². The van der Waals surface area contributed by atoms with E-state index in [0.29, 0.717) is 18.4 Å². The molecule has 6 nitrogen and oxygen atoms in total. The van der Waals surface area contributed by atoms with Gasteiger partial charge in [-0.05, 0) is 37.6 Å². The molecule has 2 heterocycles. The van der Waals surface area contributed by atoms with Crippen LogP contribution in [0.25, 0.3) is 11.5 Å². The molecule has 1 aliphatic rings. The zero-order valence-corrected chi connectivity index (χ0v) is 15.0. The molecule has 0 radical (unpaired) electrons. The van der Waals surface area contributed by atoms with Crippen molar-refractivity contribution in [1.29, 1.82) is 0 Å². The number of likely N-dealkylation sites (tertiary alicyclic amines) is 1. The van der Waals surface area contributed by atoms with Gasteiger partial charge in [-0.3, -0.25) is 4.99 Å². The van der Waals surface area contributed by atoms with Crippen LogP contribution in [0.3, 0.4) is 0 Å². The predicted octanol–water partition coefficient (Wildman–Crippen LogP) is 2.35. The normalized spacial score (nSPS) is 18.5. The highest BCUT2D eigenvalue weighted by atomic mass is 16.3. The van der Waals surface area contributed by atoms with Crippen molar-refractivity contribution in [3.05, 3.63) is 42.3 Å². The van der Waals surface area contributed by atoms with Crippen molar-refractivity contribution in [2.45, 2.75) is 19.9 Å². The number of oxazole rings is 1. The van der Waals surface area contributed by atoms with Crippen LogP contribution in [0.2, 0.25) is 0 Å². The first-order valence-corrected chi connectivity index (χ1v) is 8.95. The van der Waals surface area contributed by atoms with Gasteiger partial charge in [0.25, 0.3) is 0 Å². The third kappa shape index (κ3) is 4.82. The molecule has 3 rings (SSSR count). The van der Waals surface area contributed by atoms with Gasteiger partial charge in [-0.25, -0.2) is 4.98 Å². The van der Waals surface area contributed by atoms with Gasteiger partial charge in [-0.15, -0.1) is 0 Å². The van der Waals surface area contributed by atoms with Gasteiger partial charge in [0.2, 0.25) is 5.89 Å². The highest BCUT2D eigenvalue weighted by Crippen LogP contribution is 2.17. The fourth-order valence-electron chi connectivity index (χ4n) is 3.10. The number of hydrogen-bond acceptors (Lipinski definition) is 4. The Bertz CT molecular complexity index is 682. The van der Waals surface area contributed by atoms with Crippen LogP contribution in [-0.2, 0) is 6.54 Å². The van der Waals surface area contributed by atoms with Gasteiger partial charge in [-0.2, -0.15) is 0 Å². The molecule has 1 aromatic carbocycles. The molecule has 2 N–H and O–H groups in total. The Morgan fingerprint density at radius 2 is 2.16 bits per heavy atom. The Morgan fingerprint density at radius 3 is 2.88 bits per heavy atom. The minimum atomic E-state index is 0.585. The molecule has 1 aliphatic heterocycles. The standard InChI is InChI=1S/C19H27N5O/c1-3-24-10-9-15(13-24)11-21-19(20-2)22-12-17-14-25-18(23-17)16-7-5-4-6-8-16/h4-8,14-15H,3,9-13H2,1-2H3,(H2,20,21,22). The van der Waals surface area contributed by atoms with Crippen LogP contribution in [0.5, 0.6) is 0 Å². The minimum absolute atomic E-state index is 0.585. The Hall–Kier alpha value is -2.34. The van der Waals surface area contributed by atoms with Gasteiger partial charge in [-0.1, -0.05) is 25.1 Å². The molecule has 0 bridgehead atoms. The van der Waals surface area contributed by atoms with Crippen molar-refractivity contribution in [1.82, 2.24) is 20.5 Å². The van der Waals surface area contributed by atoms with Crippen molar-refractivity contribution >= 4 is 5.96 Å². The second-order valence-electron chi connectivity index (χ2n) is 6.36. The van der Waals surface area contributed by atoms with Crippen LogP contribution in [0, 0.1) is 5.92 Å². The van der Waals surface area contributed by atoms with Crippen molar-refractivity contribution in [3.8, 4) is 11.5 Å². The van der Waals surface area contributed by atoms with E-state index in [1.165, 1.54) is 19.5 Å². The van der Waals surface area contributed by atoms with Crippen LogP contribution < -0.4 is 10.6 Å². The molecular weight excluding hydrogens is 314 g/mol. The zero-order chi connectivity index (χ0) is 17.5. The average Bonchev–Trinajstić information content (AvgIpc) is 3.32. The molecule has 1 saturated heterocycles. The number of hydrogen-bond donors (Lipinski definition) is 2. The smallest absolute Gasteiger partial charge is 0.226 e. The lowest BCUT2D eigenvalue weighted by molar-refractivity contribution is 0.342. The Kier molecular flexibility index (Phi) is 6.06. The number of guanidine groups is 1. The summed E-state index contributed by atoms with van der Waals surface area (Å²) in [5.41, 5.74) is 1.85. The summed E-state index contributed by atoms with van der Waals surface area (Å²) in [7, 11) is 1.79. The maximum atomic E-state index is 5.57. The van der Waals surface area contributed by atoms with Gasteiger partial charge < -0.3 is 20.0 Å². The Balaban J connectivity index is 1.46. The summed E-state index contributed by atoms with van der Waals surface area (Å²) in [6, 6.07) is 9.92. The lowest BCUT2D eigenvalue weighted by Crippen LogP contribution is -2.40. The quantitative estimate of drug-likeness (QED) is 0.624. The fraction of sp³-hybridized carbons (Fsp3) is 0.474.